The zero-order valence-electron chi connectivity index (χ0n) is 12.3. The highest BCUT2D eigenvalue weighted by molar-refractivity contribution is 5.94. The number of fused-ring (bicyclic) bond motifs is 2. The van der Waals surface area contributed by atoms with Gasteiger partial charge in [-0.2, -0.15) is 4.98 Å². The minimum atomic E-state index is -0.257. The zero-order valence-corrected chi connectivity index (χ0v) is 12.3. The number of halogens is 1. The first-order valence-electron chi connectivity index (χ1n) is 7.38. The average Bonchev–Trinajstić information content (AvgIpc) is 2.89. The Morgan fingerprint density at radius 1 is 1.13 bits per heavy atom. The van der Waals surface area contributed by atoms with Crippen molar-refractivity contribution in [3.05, 3.63) is 53.3 Å². The van der Waals surface area contributed by atoms with Gasteiger partial charge in [0.2, 0.25) is 5.95 Å². The smallest absolute Gasteiger partial charge is 0.222 e. The highest BCUT2D eigenvalue weighted by Gasteiger charge is 2.25. The Hall–Kier alpha value is -2.89. The van der Waals surface area contributed by atoms with Crippen LogP contribution >= 0.6 is 0 Å². The van der Waals surface area contributed by atoms with Gasteiger partial charge >= 0.3 is 0 Å². The lowest BCUT2D eigenvalue weighted by Gasteiger charge is -2.17. The van der Waals surface area contributed by atoms with Gasteiger partial charge in [0.1, 0.15) is 23.5 Å². The van der Waals surface area contributed by atoms with E-state index in [9.17, 15) is 4.39 Å². The maximum Gasteiger partial charge on any atom is 0.222 e. The minimum absolute atomic E-state index is 0.125. The SMILES string of the molecule is Nc1nc(N)c2c(OC3CCc4ccc(F)cc43)cccc2n1. The number of hydrogen-bond donors (Lipinski definition) is 2. The summed E-state index contributed by atoms with van der Waals surface area (Å²) in [4.78, 5) is 8.18. The molecule has 5 nitrogen and oxygen atoms in total. The normalized spacial score (nSPS) is 16.5. The van der Waals surface area contributed by atoms with Gasteiger partial charge in [0, 0.05) is 0 Å². The Bertz CT molecular complexity index is 912. The first-order valence-corrected chi connectivity index (χ1v) is 7.38. The van der Waals surface area contributed by atoms with E-state index in [4.69, 9.17) is 16.2 Å². The van der Waals surface area contributed by atoms with Gasteiger partial charge < -0.3 is 16.2 Å². The molecule has 1 unspecified atom stereocenters. The van der Waals surface area contributed by atoms with Crippen molar-refractivity contribution >= 4 is 22.7 Å². The maximum absolute atomic E-state index is 13.5. The predicted molar refractivity (Wildman–Crippen MR) is 86.5 cm³/mol. The Morgan fingerprint density at radius 2 is 2.00 bits per heavy atom. The predicted octanol–water partition coefficient (Wildman–Crippen LogP) is 3.00. The molecule has 0 saturated carbocycles. The van der Waals surface area contributed by atoms with Crippen molar-refractivity contribution in [3.63, 3.8) is 0 Å². The van der Waals surface area contributed by atoms with Gasteiger partial charge in [-0.05, 0) is 48.2 Å². The molecule has 4 rings (SSSR count). The third kappa shape index (κ3) is 2.32. The molecule has 0 aliphatic heterocycles. The van der Waals surface area contributed by atoms with Crippen molar-refractivity contribution in [1.82, 2.24) is 9.97 Å². The highest BCUT2D eigenvalue weighted by Crippen LogP contribution is 2.38. The number of nitrogens with zero attached hydrogens (tertiary/aromatic N) is 2. The van der Waals surface area contributed by atoms with E-state index in [0.717, 1.165) is 24.0 Å². The number of hydrogen-bond acceptors (Lipinski definition) is 5. The van der Waals surface area contributed by atoms with Gasteiger partial charge in [0.15, 0.2) is 0 Å². The molecule has 2 aromatic carbocycles. The lowest BCUT2D eigenvalue weighted by Crippen LogP contribution is -2.06. The fourth-order valence-electron chi connectivity index (χ4n) is 3.11. The molecule has 3 aromatic rings. The van der Waals surface area contributed by atoms with E-state index in [1.807, 2.05) is 18.2 Å². The van der Waals surface area contributed by atoms with E-state index in [1.165, 1.54) is 12.1 Å². The fourth-order valence-corrected chi connectivity index (χ4v) is 3.11. The summed E-state index contributed by atoms with van der Waals surface area (Å²) in [6.45, 7) is 0. The molecule has 1 aliphatic rings. The first-order chi connectivity index (χ1) is 11.1. The summed E-state index contributed by atoms with van der Waals surface area (Å²) in [5.74, 6) is 0.732. The second kappa shape index (κ2) is 5.08. The molecule has 0 amide bonds. The van der Waals surface area contributed by atoms with E-state index in [1.54, 1.807) is 6.07 Å². The molecule has 23 heavy (non-hydrogen) atoms. The number of benzene rings is 2. The van der Waals surface area contributed by atoms with Gasteiger partial charge in [-0.1, -0.05) is 12.1 Å². The molecule has 6 heteroatoms. The van der Waals surface area contributed by atoms with Crippen molar-refractivity contribution in [2.24, 2.45) is 0 Å². The van der Waals surface area contributed by atoms with E-state index < -0.39 is 0 Å². The van der Waals surface area contributed by atoms with Crippen LogP contribution in [0.1, 0.15) is 23.7 Å². The number of rotatable bonds is 2. The molecule has 1 atom stereocenters. The van der Waals surface area contributed by atoms with Gasteiger partial charge in [0.05, 0.1) is 10.9 Å². The van der Waals surface area contributed by atoms with Gasteiger partial charge in [0.25, 0.3) is 0 Å². The molecule has 1 heterocycles. The van der Waals surface area contributed by atoms with E-state index >= 15 is 0 Å². The molecule has 116 valence electrons. The summed E-state index contributed by atoms with van der Waals surface area (Å²) in [6.07, 6.45) is 1.46. The summed E-state index contributed by atoms with van der Waals surface area (Å²) in [5.41, 5.74) is 14.2. The van der Waals surface area contributed by atoms with Crippen molar-refractivity contribution in [2.45, 2.75) is 18.9 Å². The van der Waals surface area contributed by atoms with Gasteiger partial charge in [-0.25, -0.2) is 9.37 Å². The van der Waals surface area contributed by atoms with Crippen LogP contribution in [-0.4, -0.2) is 9.97 Å². The Kier molecular flexibility index (Phi) is 3.04. The van der Waals surface area contributed by atoms with Crippen LogP contribution in [0.15, 0.2) is 36.4 Å². The van der Waals surface area contributed by atoms with Gasteiger partial charge in [-0.15, -0.1) is 0 Å². The maximum atomic E-state index is 13.5. The molecular formula is C17H15FN4O. The molecule has 0 bridgehead atoms. The third-order valence-electron chi connectivity index (χ3n) is 4.13. The lowest BCUT2D eigenvalue weighted by molar-refractivity contribution is 0.210. The number of nitrogens with two attached hydrogens (primary N) is 2. The average molecular weight is 310 g/mol. The minimum Gasteiger partial charge on any atom is -0.485 e. The highest BCUT2D eigenvalue weighted by atomic mass is 19.1. The Balaban J connectivity index is 1.77. The second-order valence-corrected chi connectivity index (χ2v) is 5.61. The van der Waals surface area contributed by atoms with Crippen LogP contribution in [0.3, 0.4) is 0 Å². The number of anilines is 2. The van der Waals surface area contributed by atoms with Crippen molar-refractivity contribution in [3.8, 4) is 5.75 Å². The molecular weight excluding hydrogens is 295 g/mol. The second-order valence-electron chi connectivity index (χ2n) is 5.61. The molecule has 0 fully saturated rings. The lowest BCUT2D eigenvalue weighted by atomic mass is 10.1. The van der Waals surface area contributed by atoms with Crippen LogP contribution < -0.4 is 16.2 Å². The summed E-state index contributed by atoms with van der Waals surface area (Å²) in [5, 5.41) is 0.631. The van der Waals surface area contributed by atoms with Gasteiger partial charge in [-0.3, -0.25) is 0 Å². The number of aromatic nitrogens is 2. The largest absolute Gasteiger partial charge is 0.485 e. The first kappa shape index (κ1) is 13.8. The molecule has 0 radical (unpaired) electrons. The number of ether oxygens (including phenoxy) is 1. The van der Waals surface area contributed by atoms with Crippen LogP contribution in [0.5, 0.6) is 5.75 Å². The van der Waals surface area contributed by atoms with Crippen LogP contribution in [0.2, 0.25) is 0 Å². The zero-order chi connectivity index (χ0) is 16.0. The fraction of sp³-hybridized carbons (Fsp3) is 0.176. The topological polar surface area (TPSA) is 87.0 Å². The number of aryl methyl sites for hydroxylation is 1. The molecule has 0 spiro atoms. The molecule has 0 saturated heterocycles. The van der Waals surface area contributed by atoms with Crippen molar-refractivity contribution in [2.75, 3.05) is 11.5 Å². The Labute approximate surface area is 132 Å². The van der Waals surface area contributed by atoms with Crippen LogP contribution in [0.25, 0.3) is 10.9 Å². The summed E-state index contributed by atoms with van der Waals surface area (Å²) in [7, 11) is 0. The Morgan fingerprint density at radius 3 is 2.87 bits per heavy atom. The monoisotopic (exact) mass is 310 g/mol. The van der Waals surface area contributed by atoms with Crippen molar-refractivity contribution < 1.29 is 9.13 Å². The quantitative estimate of drug-likeness (QED) is 0.760. The van der Waals surface area contributed by atoms with E-state index in [0.29, 0.717) is 16.7 Å². The van der Waals surface area contributed by atoms with Crippen LogP contribution in [0, 0.1) is 5.82 Å². The van der Waals surface area contributed by atoms with Crippen LogP contribution in [-0.2, 0) is 6.42 Å². The standard InChI is InChI=1S/C17H15FN4O/c18-10-6-4-9-5-7-13(11(9)8-10)23-14-3-1-2-12-15(14)16(19)22-17(20)21-12/h1-4,6,8,13H,5,7H2,(H4,19,20,21,22). The van der Waals surface area contributed by atoms with E-state index in [-0.39, 0.29) is 23.7 Å². The summed E-state index contributed by atoms with van der Waals surface area (Å²) >= 11 is 0. The van der Waals surface area contributed by atoms with Crippen molar-refractivity contribution in [1.29, 1.82) is 0 Å². The van der Waals surface area contributed by atoms with E-state index in [2.05, 4.69) is 9.97 Å². The third-order valence-corrected chi connectivity index (χ3v) is 4.13. The number of nitrogen functional groups attached to an aromatic ring is 2. The molecule has 1 aromatic heterocycles. The molecule has 4 N–H and O–H groups in total. The van der Waals surface area contributed by atoms with Crippen LogP contribution in [0.4, 0.5) is 16.2 Å². The molecule has 1 aliphatic carbocycles. The summed E-state index contributed by atoms with van der Waals surface area (Å²) < 4.78 is 19.6. The summed E-state index contributed by atoms with van der Waals surface area (Å²) in [6, 6.07) is 10.3.